The van der Waals surface area contributed by atoms with Gasteiger partial charge in [-0.15, -0.1) is 0 Å². The van der Waals surface area contributed by atoms with Crippen LogP contribution < -0.4 is 15.2 Å². The van der Waals surface area contributed by atoms with E-state index in [1.54, 1.807) is 61.2 Å². The smallest absolute Gasteiger partial charge is 0.416 e. The standard InChI is InChI=1S/C38H35ClF3N3O4/c1-22-34(48)29-20-26(38(40,41)42)19-28(35(29)49-36(22)44-16-14-37(3,4)15-17-44)23(2)45(27-8-6-5-7-9-27)30-11-13-32(39)43-33(30)24-10-12-31(47)25(18-24)21-46/h5-13,18-21,23,47H,14-17H2,1-4H3. The summed E-state index contributed by atoms with van der Waals surface area (Å²) < 4.78 is 50.0. The van der Waals surface area contributed by atoms with Crippen LogP contribution in [0.2, 0.25) is 5.15 Å². The average molecular weight is 690 g/mol. The number of phenols is 1. The van der Waals surface area contributed by atoms with Crippen molar-refractivity contribution in [3.05, 3.63) is 110 Å². The summed E-state index contributed by atoms with van der Waals surface area (Å²) in [5.41, 5.74) is 0.923. The minimum atomic E-state index is -4.75. The summed E-state index contributed by atoms with van der Waals surface area (Å²) in [5, 5.41) is 10.2. The van der Waals surface area contributed by atoms with Gasteiger partial charge in [0.2, 0.25) is 5.88 Å². The molecule has 1 aliphatic rings. The van der Waals surface area contributed by atoms with E-state index in [1.807, 2.05) is 11.0 Å². The van der Waals surface area contributed by atoms with Crippen LogP contribution in [0.1, 0.15) is 66.7 Å². The molecule has 3 heterocycles. The summed E-state index contributed by atoms with van der Waals surface area (Å²) in [6.07, 6.45) is -2.51. The second-order valence-electron chi connectivity index (χ2n) is 13.2. The van der Waals surface area contributed by atoms with Crippen LogP contribution in [0.25, 0.3) is 22.2 Å². The van der Waals surface area contributed by atoms with Gasteiger partial charge in [0, 0.05) is 29.9 Å². The minimum absolute atomic E-state index is 0.0270. The summed E-state index contributed by atoms with van der Waals surface area (Å²) in [5.74, 6) is 0.135. The monoisotopic (exact) mass is 689 g/mol. The number of nitrogens with zero attached hydrogens (tertiary/aromatic N) is 3. The molecule has 5 aromatic rings. The lowest BCUT2D eigenvalue weighted by molar-refractivity contribution is -0.137. The number of hydrogen-bond acceptors (Lipinski definition) is 7. The predicted octanol–water partition coefficient (Wildman–Crippen LogP) is 9.88. The van der Waals surface area contributed by atoms with Crippen LogP contribution in [0.5, 0.6) is 5.75 Å². The number of aldehydes is 1. The molecule has 0 bridgehead atoms. The van der Waals surface area contributed by atoms with E-state index < -0.39 is 23.2 Å². The first kappa shape index (κ1) is 34.0. The fraction of sp³-hybridized carbons (Fsp3) is 0.289. The molecule has 11 heteroatoms. The highest BCUT2D eigenvalue weighted by Gasteiger charge is 2.35. The first-order valence-electron chi connectivity index (χ1n) is 15.9. The van der Waals surface area contributed by atoms with Gasteiger partial charge >= 0.3 is 6.18 Å². The van der Waals surface area contributed by atoms with Crippen LogP contribution in [0.15, 0.2) is 82.0 Å². The number of alkyl halides is 3. The van der Waals surface area contributed by atoms with Gasteiger partial charge in [-0.1, -0.05) is 43.6 Å². The van der Waals surface area contributed by atoms with Crippen molar-refractivity contribution in [1.29, 1.82) is 0 Å². The van der Waals surface area contributed by atoms with Crippen LogP contribution in [0, 0.1) is 12.3 Å². The number of hydrogen-bond donors (Lipinski definition) is 1. The predicted molar refractivity (Wildman–Crippen MR) is 186 cm³/mol. The molecule has 0 amide bonds. The van der Waals surface area contributed by atoms with Gasteiger partial charge < -0.3 is 19.3 Å². The van der Waals surface area contributed by atoms with Crippen LogP contribution >= 0.6 is 11.6 Å². The molecular weight excluding hydrogens is 655 g/mol. The Labute approximate surface area is 286 Å². The summed E-state index contributed by atoms with van der Waals surface area (Å²) in [6.45, 7) is 8.97. The number of rotatable bonds is 7. The highest BCUT2D eigenvalue weighted by molar-refractivity contribution is 6.29. The Morgan fingerprint density at radius 2 is 1.73 bits per heavy atom. The topological polar surface area (TPSA) is 86.9 Å². The first-order chi connectivity index (χ1) is 23.2. The maximum Gasteiger partial charge on any atom is 0.416 e. The normalized spacial score (nSPS) is 15.3. The molecule has 2 aromatic heterocycles. The van der Waals surface area contributed by atoms with Gasteiger partial charge in [0.15, 0.2) is 11.7 Å². The van der Waals surface area contributed by atoms with Crippen molar-refractivity contribution in [3.63, 3.8) is 0 Å². The number of benzene rings is 3. The number of carbonyl (C=O) groups excluding carboxylic acids is 1. The molecule has 1 atom stereocenters. The fourth-order valence-electron chi connectivity index (χ4n) is 6.43. The molecule has 254 valence electrons. The summed E-state index contributed by atoms with van der Waals surface area (Å²) >= 11 is 6.38. The van der Waals surface area contributed by atoms with Crippen molar-refractivity contribution < 1.29 is 27.5 Å². The quantitative estimate of drug-likeness (QED) is 0.134. The molecular formula is C38H35ClF3N3O4. The van der Waals surface area contributed by atoms with E-state index in [2.05, 4.69) is 18.8 Å². The number of pyridine rings is 1. The Hall–Kier alpha value is -4.83. The second kappa shape index (κ2) is 12.9. The van der Waals surface area contributed by atoms with E-state index >= 15 is 0 Å². The first-order valence-corrected chi connectivity index (χ1v) is 16.3. The molecule has 1 aliphatic heterocycles. The number of piperidine rings is 1. The Kier molecular flexibility index (Phi) is 8.96. The Morgan fingerprint density at radius 3 is 2.39 bits per heavy atom. The molecule has 1 unspecified atom stereocenters. The number of carbonyl (C=O) groups is 1. The number of aromatic nitrogens is 1. The fourth-order valence-corrected chi connectivity index (χ4v) is 6.57. The van der Waals surface area contributed by atoms with Gasteiger partial charge in [0.1, 0.15) is 16.5 Å². The molecule has 0 radical (unpaired) electrons. The van der Waals surface area contributed by atoms with E-state index in [9.17, 15) is 27.9 Å². The number of halogens is 4. The molecule has 0 saturated carbocycles. The zero-order valence-corrected chi connectivity index (χ0v) is 28.2. The molecule has 7 nitrogen and oxygen atoms in total. The van der Waals surface area contributed by atoms with E-state index in [0.717, 1.165) is 25.0 Å². The maximum atomic E-state index is 14.5. The molecule has 6 rings (SSSR count). The van der Waals surface area contributed by atoms with Crippen molar-refractivity contribution in [2.24, 2.45) is 5.41 Å². The molecule has 1 fully saturated rings. The van der Waals surface area contributed by atoms with Gasteiger partial charge in [-0.3, -0.25) is 9.59 Å². The van der Waals surface area contributed by atoms with Crippen LogP contribution in [-0.4, -0.2) is 29.5 Å². The largest absolute Gasteiger partial charge is 0.507 e. The Morgan fingerprint density at radius 1 is 1.04 bits per heavy atom. The highest BCUT2D eigenvalue weighted by Crippen LogP contribution is 2.45. The average Bonchev–Trinajstić information content (AvgIpc) is 3.07. The highest BCUT2D eigenvalue weighted by atomic mass is 35.5. The Balaban J connectivity index is 1.62. The molecule has 3 aromatic carbocycles. The van der Waals surface area contributed by atoms with E-state index in [4.69, 9.17) is 16.0 Å². The lowest BCUT2D eigenvalue weighted by atomic mass is 9.82. The third-order valence-electron chi connectivity index (χ3n) is 9.35. The lowest BCUT2D eigenvalue weighted by Gasteiger charge is -2.38. The van der Waals surface area contributed by atoms with Crippen LogP contribution in [-0.2, 0) is 6.18 Å². The number of phenolic OH excluding ortho intramolecular Hbond substituents is 1. The van der Waals surface area contributed by atoms with Gasteiger partial charge in [0.25, 0.3) is 0 Å². The van der Waals surface area contributed by atoms with Gasteiger partial charge in [0.05, 0.1) is 39.5 Å². The zero-order valence-electron chi connectivity index (χ0n) is 27.4. The van der Waals surface area contributed by atoms with Gasteiger partial charge in [-0.25, -0.2) is 4.98 Å². The minimum Gasteiger partial charge on any atom is -0.507 e. The van der Waals surface area contributed by atoms with Crippen molar-refractivity contribution in [1.82, 2.24) is 4.98 Å². The zero-order chi connectivity index (χ0) is 35.2. The second-order valence-corrected chi connectivity index (χ2v) is 13.6. The van der Waals surface area contributed by atoms with Crippen molar-refractivity contribution in [2.75, 3.05) is 22.9 Å². The maximum absolute atomic E-state index is 14.5. The van der Waals surface area contributed by atoms with E-state index in [1.165, 1.54) is 12.1 Å². The van der Waals surface area contributed by atoms with Gasteiger partial charge in [-0.05, 0) is 86.7 Å². The number of fused-ring (bicyclic) bond motifs is 1. The molecule has 0 spiro atoms. The lowest BCUT2D eigenvalue weighted by Crippen LogP contribution is -2.38. The number of para-hydroxylation sites is 1. The molecule has 1 N–H and O–H groups in total. The third kappa shape index (κ3) is 6.62. The SMILES string of the molecule is Cc1c(N2CCC(C)(C)CC2)oc2c(C(C)N(c3ccccc3)c3ccc(Cl)nc3-c3ccc(O)c(C=O)c3)cc(C(F)(F)F)cc2c1=O. The molecule has 0 aliphatic carbocycles. The summed E-state index contributed by atoms with van der Waals surface area (Å²) in [7, 11) is 0. The Bertz CT molecular complexity index is 2100. The number of anilines is 3. The third-order valence-corrected chi connectivity index (χ3v) is 9.56. The summed E-state index contributed by atoms with van der Waals surface area (Å²) in [4.78, 5) is 34.0. The number of aromatic hydroxyl groups is 1. The van der Waals surface area contributed by atoms with E-state index in [0.29, 0.717) is 47.9 Å². The molecule has 49 heavy (non-hydrogen) atoms. The van der Waals surface area contributed by atoms with Gasteiger partial charge in [-0.2, -0.15) is 13.2 Å². The van der Waals surface area contributed by atoms with Crippen molar-refractivity contribution >= 4 is 46.1 Å². The van der Waals surface area contributed by atoms with Crippen molar-refractivity contribution in [3.8, 4) is 17.0 Å². The van der Waals surface area contributed by atoms with Crippen LogP contribution in [0.3, 0.4) is 0 Å². The summed E-state index contributed by atoms with van der Waals surface area (Å²) in [6, 6.07) is 17.7. The van der Waals surface area contributed by atoms with Crippen LogP contribution in [0.4, 0.5) is 30.4 Å². The molecule has 1 saturated heterocycles. The van der Waals surface area contributed by atoms with Crippen molar-refractivity contribution in [2.45, 2.75) is 52.8 Å². The van der Waals surface area contributed by atoms with E-state index in [-0.39, 0.29) is 44.0 Å².